The van der Waals surface area contributed by atoms with Crippen molar-refractivity contribution in [1.29, 1.82) is 0 Å². The van der Waals surface area contributed by atoms with Crippen LogP contribution in [0, 0.1) is 0 Å². The fourth-order valence-corrected chi connectivity index (χ4v) is 2.63. The van der Waals surface area contributed by atoms with Gasteiger partial charge in [-0.05, 0) is 24.1 Å². The maximum Gasteiger partial charge on any atom is 0.336 e. The van der Waals surface area contributed by atoms with Gasteiger partial charge in [-0.25, -0.2) is 9.78 Å². The SMILES string of the molecule is COc1ccc2c(CC(=O)NCCCn3ccnc3)cc(=O)oc2c1. The molecule has 0 spiro atoms. The molecule has 2 aromatic heterocycles. The Bertz CT molecular complexity index is 916. The monoisotopic (exact) mass is 341 g/mol. The molecule has 7 heteroatoms. The van der Waals surface area contributed by atoms with Gasteiger partial charge in [0, 0.05) is 43.0 Å². The number of fused-ring (bicyclic) bond motifs is 1. The number of aryl methyl sites for hydroxylation is 1. The Morgan fingerprint density at radius 3 is 3.00 bits per heavy atom. The summed E-state index contributed by atoms with van der Waals surface area (Å²) in [6, 6.07) is 6.57. The second kappa shape index (κ2) is 7.65. The smallest absolute Gasteiger partial charge is 0.336 e. The van der Waals surface area contributed by atoms with Crippen LogP contribution in [0.3, 0.4) is 0 Å². The summed E-state index contributed by atoms with van der Waals surface area (Å²) in [7, 11) is 1.54. The quantitative estimate of drug-likeness (QED) is 0.523. The van der Waals surface area contributed by atoms with Gasteiger partial charge in [0.25, 0.3) is 0 Å². The highest BCUT2D eigenvalue weighted by molar-refractivity contribution is 5.87. The molecule has 3 aromatic rings. The summed E-state index contributed by atoms with van der Waals surface area (Å²) < 4.78 is 12.3. The van der Waals surface area contributed by atoms with Crippen molar-refractivity contribution in [3.8, 4) is 5.75 Å². The summed E-state index contributed by atoms with van der Waals surface area (Å²) in [5.74, 6) is 0.463. The molecule has 0 aliphatic rings. The number of carbonyl (C=O) groups excluding carboxylic acids is 1. The molecular formula is C18H19N3O4. The van der Waals surface area contributed by atoms with Crippen LogP contribution in [0.4, 0.5) is 0 Å². The Labute approximate surface area is 144 Å². The van der Waals surface area contributed by atoms with Crippen LogP contribution in [0.15, 0.2) is 52.2 Å². The topological polar surface area (TPSA) is 86.4 Å². The molecular weight excluding hydrogens is 322 g/mol. The fourth-order valence-electron chi connectivity index (χ4n) is 2.63. The van der Waals surface area contributed by atoms with E-state index in [9.17, 15) is 9.59 Å². The predicted octanol–water partition coefficient (Wildman–Crippen LogP) is 1.75. The summed E-state index contributed by atoms with van der Waals surface area (Å²) in [6.45, 7) is 1.35. The lowest BCUT2D eigenvalue weighted by Crippen LogP contribution is -2.27. The molecule has 0 fully saturated rings. The van der Waals surface area contributed by atoms with Crippen molar-refractivity contribution in [3.05, 3.63) is 59.0 Å². The summed E-state index contributed by atoms with van der Waals surface area (Å²) in [5.41, 5.74) is 0.569. The second-order valence-electron chi connectivity index (χ2n) is 5.63. The van der Waals surface area contributed by atoms with Gasteiger partial charge >= 0.3 is 5.63 Å². The fraction of sp³-hybridized carbons (Fsp3) is 0.278. The first kappa shape index (κ1) is 16.8. The van der Waals surface area contributed by atoms with E-state index in [0.717, 1.165) is 18.4 Å². The molecule has 0 aliphatic heterocycles. The van der Waals surface area contributed by atoms with Crippen LogP contribution in [-0.4, -0.2) is 29.1 Å². The zero-order chi connectivity index (χ0) is 17.6. The van der Waals surface area contributed by atoms with Gasteiger partial charge in [0.05, 0.1) is 19.9 Å². The highest BCUT2D eigenvalue weighted by Gasteiger charge is 2.10. The third-order valence-electron chi connectivity index (χ3n) is 3.86. The van der Waals surface area contributed by atoms with E-state index in [1.54, 1.807) is 37.8 Å². The van der Waals surface area contributed by atoms with E-state index in [4.69, 9.17) is 9.15 Å². The van der Waals surface area contributed by atoms with Crippen LogP contribution in [-0.2, 0) is 17.8 Å². The molecule has 0 bridgehead atoms. The number of hydrogen-bond acceptors (Lipinski definition) is 5. The van der Waals surface area contributed by atoms with Crippen molar-refractivity contribution in [2.24, 2.45) is 0 Å². The Balaban J connectivity index is 1.63. The standard InChI is InChI=1S/C18H19N3O4/c1-24-14-3-4-15-13(10-18(23)25-16(15)11-14)9-17(22)20-5-2-7-21-8-6-19-12-21/h3-4,6,8,10-12H,2,5,7,9H2,1H3,(H,20,22). The summed E-state index contributed by atoms with van der Waals surface area (Å²) in [5, 5.41) is 3.60. The normalized spacial score (nSPS) is 10.8. The Morgan fingerprint density at radius 2 is 2.24 bits per heavy atom. The molecule has 3 rings (SSSR count). The van der Waals surface area contributed by atoms with Crippen molar-refractivity contribution in [2.75, 3.05) is 13.7 Å². The largest absolute Gasteiger partial charge is 0.497 e. The number of aromatic nitrogens is 2. The molecule has 25 heavy (non-hydrogen) atoms. The number of nitrogens with one attached hydrogen (secondary N) is 1. The number of carbonyl (C=O) groups is 1. The maximum atomic E-state index is 12.2. The Morgan fingerprint density at radius 1 is 1.36 bits per heavy atom. The first-order chi connectivity index (χ1) is 12.2. The van der Waals surface area contributed by atoms with Crippen molar-refractivity contribution in [3.63, 3.8) is 0 Å². The van der Waals surface area contributed by atoms with Gasteiger partial charge in [0.15, 0.2) is 0 Å². The third kappa shape index (κ3) is 4.26. The van der Waals surface area contributed by atoms with Gasteiger partial charge in [-0.3, -0.25) is 4.79 Å². The molecule has 0 radical (unpaired) electrons. The number of methoxy groups -OCH3 is 1. The minimum absolute atomic E-state index is 0.125. The predicted molar refractivity (Wildman–Crippen MR) is 92.6 cm³/mol. The average Bonchev–Trinajstić information content (AvgIpc) is 3.11. The minimum Gasteiger partial charge on any atom is -0.497 e. The zero-order valence-electron chi connectivity index (χ0n) is 13.9. The maximum absolute atomic E-state index is 12.2. The van der Waals surface area contributed by atoms with Gasteiger partial charge in [-0.2, -0.15) is 0 Å². The molecule has 1 N–H and O–H groups in total. The van der Waals surface area contributed by atoms with E-state index in [2.05, 4.69) is 10.3 Å². The van der Waals surface area contributed by atoms with Crippen molar-refractivity contribution >= 4 is 16.9 Å². The minimum atomic E-state index is -0.483. The van der Waals surface area contributed by atoms with Gasteiger partial charge in [0.1, 0.15) is 11.3 Å². The van der Waals surface area contributed by atoms with Crippen LogP contribution in [0.25, 0.3) is 11.0 Å². The van der Waals surface area contributed by atoms with Gasteiger partial charge in [-0.1, -0.05) is 0 Å². The van der Waals surface area contributed by atoms with Crippen molar-refractivity contribution in [1.82, 2.24) is 14.9 Å². The number of rotatable bonds is 7. The lowest BCUT2D eigenvalue weighted by molar-refractivity contribution is -0.120. The average molecular weight is 341 g/mol. The molecule has 0 atom stereocenters. The van der Waals surface area contributed by atoms with E-state index in [1.165, 1.54) is 6.07 Å². The lowest BCUT2D eigenvalue weighted by Gasteiger charge is -2.08. The van der Waals surface area contributed by atoms with E-state index in [-0.39, 0.29) is 12.3 Å². The molecule has 2 heterocycles. The van der Waals surface area contributed by atoms with E-state index in [0.29, 0.717) is 23.4 Å². The molecule has 0 aliphatic carbocycles. The van der Waals surface area contributed by atoms with Crippen LogP contribution in [0.2, 0.25) is 0 Å². The number of nitrogens with zero attached hydrogens (tertiary/aromatic N) is 2. The molecule has 130 valence electrons. The van der Waals surface area contributed by atoms with Gasteiger partial charge < -0.3 is 19.0 Å². The zero-order valence-corrected chi connectivity index (χ0v) is 13.9. The van der Waals surface area contributed by atoms with Crippen molar-refractivity contribution < 1.29 is 13.9 Å². The summed E-state index contributed by atoms with van der Waals surface area (Å²) in [6.07, 6.45) is 6.27. The highest BCUT2D eigenvalue weighted by atomic mass is 16.5. The molecule has 1 amide bonds. The van der Waals surface area contributed by atoms with Gasteiger partial charge in [0.2, 0.25) is 5.91 Å². The molecule has 7 nitrogen and oxygen atoms in total. The summed E-state index contributed by atoms with van der Waals surface area (Å²) in [4.78, 5) is 27.9. The number of ether oxygens (including phenoxy) is 1. The molecule has 0 saturated carbocycles. The Kier molecular flexibility index (Phi) is 5.13. The van der Waals surface area contributed by atoms with E-state index >= 15 is 0 Å². The highest BCUT2D eigenvalue weighted by Crippen LogP contribution is 2.22. The van der Waals surface area contributed by atoms with Gasteiger partial charge in [-0.15, -0.1) is 0 Å². The first-order valence-electron chi connectivity index (χ1n) is 7.99. The van der Waals surface area contributed by atoms with E-state index in [1.807, 2.05) is 10.8 Å². The Hall–Kier alpha value is -3.09. The third-order valence-corrected chi connectivity index (χ3v) is 3.86. The number of benzene rings is 1. The van der Waals surface area contributed by atoms with Crippen LogP contribution >= 0.6 is 0 Å². The lowest BCUT2D eigenvalue weighted by atomic mass is 10.1. The molecule has 0 unspecified atom stereocenters. The number of imidazole rings is 1. The number of hydrogen-bond donors (Lipinski definition) is 1. The van der Waals surface area contributed by atoms with E-state index < -0.39 is 5.63 Å². The molecule has 0 saturated heterocycles. The second-order valence-corrected chi connectivity index (χ2v) is 5.63. The number of amides is 1. The van der Waals surface area contributed by atoms with Crippen LogP contribution in [0.1, 0.15) is 12.0 Å². The van der Waals surface area contributed by atoms with Crippen molar-refractivity contribution in [2.45, 2.75) is 19.4 Å². The van der Waals surface area contributed by atoms with Crippen LogP contribution < -0.4 is 15.7 Å². The first-order valence-corrected chi connectivity index (χ1v) is 7.99. The summed E-state index contributed by atoms with van der Waals surface area (Å²) >= 11 is 0. The molecule has 1 aromatic carbocycles. The van der Waals surface area contributed by atoms with Crippen LogP contribution in [0.5, 0.6) is 5.75 Å².